The quantitative estimate of drug-likeness (QED) is 0.348. The highest BCUT2D eigenvalue weighted by Gasteiger charge is 2.56. The van der Waals surface area contributed by atoms with Gasteiger partial charge in [-0.15, -0.1) is 0 Å². The number of carbonyl (C=O) groups is 1. The minimum absolute atomic E-state index is 0.486. The molecule has 0 spiro atoms. The van der Waals surface area contributed by atoms with Crippen LogP contribution < -0.4 is 11.1 Å². The SMILES string of the molecule is NC1(C#CCl)C(O)[C@@H](CO)O[C@H]1N1C=CC(=O)NC1O. The smallest absolute Gasteiger partial charge is 0.248 e. The van der Waals surface area contributed by atoms with Gasteiger partial charge in [0, 0.05) is 17.7 Å². The molecule has 3 unspecified atom stereocenters. The van der Waals surface area contributed by atoms with Gasteiger partial charge < -0.3 is 36.0 Å². The maximum absolute atomic E-state index is 11.1. The maximum atomic E-state index is 11.1. The van der Waals surface area contributed by atoms with E-state index < -0.39 is 42.8 Å². The van der Waals surface area contributed by atoms with E-state index in [1.54, 1.807) is 0 Å². The number of aliphatic hydroxyl groups excluding tert-OH is 3. The van der Waals surface area contributed by atoms with E-state index in [1.807, 2.05) is 0 Å². The van der Waals surface area contributed by atoms with E-state index in [1.165, 1.54) is 11.1 Å². The van der Waals surface area contributed by atoms with E-state index in [9.17, 15) is 20.1 Å². The molecule has 8 nitrogen and oxygen atoms in total. The molecule has 2 rings (SSSR count). The first-order valence-corrected chi connectivity index (χ1v) is 6.12. The second-order valence-corrected chi connectivity index (χ2v) is 4.64. The standard InChI is InChI=1S/C11H14ClN3O5/c12-3-2-11(13)8(18)6(5-16)20-9(11)15-4-1-7(17)14-10(15)19/h1,4,6,8-10,16,18-19H,5,13H2,(H,14,17)/t6-,8?,9-,10?,11?/m1/s1. The minimum atomic E-state index is -1.64. The Bertz CT molecular complexity index is 490. The lowest BCUT2D eigenvalue weighted by atomic mass is 9.91. The molecular weight excluding hydrogens is 290 g/mol. The van der Waals surface area contributed by atoms with E-state index >= 15 is 0 Å². The first kappa shape index (κ1) is 15.1. The molecule has 5 atom stereocenters. The van der Waals surface area contributed by atoms with Gasteiger partial charge in [0.1, 0.15) is 12.2 Å². The number of nitrogens with two attached hydrogens (primary N) is 1. The molecule has 110 valence electrons. The molecule has 0 saturated carbocycles. The van der Waals surface area contributed by atoms with Crippen LogP contribution in [0.25, 0.3) is 0 Å². The van der Waals surface area contributed by atoms with Crippen LogP contribution in [0.15, 0.2) is 12.3 Å². The zero-order valence-electron chi connectivity index (χ0n) is 10.2. The summed E-state index contributed by atoms with van der Waals surface area (Å²) in [6, 6.07) is 0. The Morgan fingerprint density at radius 2 is 2.30 bits per heavy atom. The molecule has 0 bridgehead atoms. The summed E-state index contributed by atoms with van der Waals surface area (Å²) in [5, 5.41) is 33.4. The Balaban J connectivity index is 2.35. The van der Waals surface area contributed by atoms with Crippen molar-refractivity contribution in [3.05, 3.63) is 12.3 Å². The average molecular weight is 304 g/mol. The number of amides is 1. The fourth-order valence-electron chi connectivity index (χ4n) is 2.18. The molecule has 0 aromatic rings. The van der Waals surface area contributed by atoms with Crippen molar-refractivity contribution in [1.82, 2.24) is 10.2 Å². The number of carbonyl (C=O) groups excluding carboxylic acids is 1. The topological polar surface area (TPSA) is 128 Å². The Morgan fingerprint density at radius 1 is 1.60 bits per heavy atom. The second kappa shape index (κ2) is 5.57. The zero-order chi connectivity index (χ0) is 14.9. The number of ether oxygens (including phenoxy) is 1. The van der Waals surface area contributed by atoms with E-state index in [0.29, 0.717) is 0 Å². The summed E-state index contributed by atoms with van der Waals surface area (Å²) < 4.78 is 5.41. The Kier molecular flexibility index (Phi) is 4.19. The molecule has 0 radical (unpaired) electrons. The van der Waals surface area contributed by atoms with Crippen molar-refractivity contribution in [3.63, 3.8) is 0 Å². The minimum Gasteiger partial charge on any atom is -0.394 e. The number of hydrogen-bond acceptors (Lipinski definition) is 7. The maximum Gasteiger partial charge on any atom is 0.248 e. The van der Waals surface area contributed by atoms with Crippen LogP contribution >= 0.6 is 11.6 Å². The highest BCUT2D eigenvalue weighted by Crippen LogP contribution is 2.32. The number of nitrogens with zero attached hydrogens (tertiary/aromatic N) is 1. The highest BCUT2D eigenvalue weighted by atomic mass is 35.5. The number of nitrogens with one attached hydrogen (secondary N) is 1. The summed E-state index contributed by atoms with van der Waals surface area (Å²) in [7, 11) is 0. The van der Waals surface area contributed by atoms with Crippen molar-refractivity contribution in [2.24, 2.45) is 5.73 Å². The number of hydrogen-bond donors (Lipinski definition) is 5. The molecule has 1 saturated heterocycles. The lowest BCUT2D eigenvalue weighted by molar-refractivity contribution is -0.145. The Morgan fingerprint density at radius 3 is 2.85 bits per heavy atom. The van der Waals surface area contributed by atoms with Gasteiger partial charge in [0.2, 0.25) is 12.3 Å². The van der Waals surface area contributed by atoms with Gasteiger partial charge in [-0.05, 0) is 11.6 Å². The third kappa shape index (κ3) is 2.35. The predicted octanol–water partition coefficient (Wildman–Crippen LogP) is -2.82. The normalized spacial score (nSPS) is 40.2. The fraction of sp³-hybridized carbons (Fsp3) is 0.545. The molecule has 0 aromatic carbocycles. The van der Waals surface area contributed by atoms with Gasteiger partial charge in [-0.2, -0.15) is 0 Å². The summed E-state index contributed by atoms with van der Waals surface area (Å²) in [6.07, 6.45) is -2.39. The summed E-state index contributed by atoms with van der Waals surface area (Å²) in [4.78, 5) is 12.3. The summed E-state index contributed by atoms with van der Waals surface area (Å²) in [5.74, 6) is 1.93. The molecule has 9 heteroatoms. The second-order valence-electron chi connectivity index (χ2n) is 4.45. The molecule has 6 N–H and O–H groups in total. The molecule has 1 fully saturated rings. The molecule has 0 aliphatic carbocycles. The lowest BCUT2D eigenvalue weighted by Crippen LogP contribution is -2.64. The lowest BCUT2D eigenvalue weighted by Gasteiger charge is -2.39. The first-order valence-electron chi connectivity index (χ1n) is 5.74. The number of halogens is 1. The fourth-order valence-corrected chi connectivity index (χ4v) is 2.34. The van der Waals surface area contributed by atoms with Crippen LogP contribution in [0, 0.1) is 11.3 Å². The van der Waals surface area contributed by atoms with Gasteiger partial charge in [-0.1, -0.05) is 5.92 Å². The van der Waals surface area contributed by atoms with E-state index in [-0.39, 0.29) is 0 Å². The van der Waals surface area contributed by atoms with Gasteiger partial charge in [-0.25, -0.2) is 0 Å². The van der Waals surface area contributed by atoms with E-state index in [0.717, 1.165) is 6.08 Å². The molecular formula is C11H14ClN3O5. The van der Waals surface area contributed by atoms with Gasteiger partial charge in [-0.3, -0.25) is 4.79 Å². The van der Waals surface area contributed by atoms with Crippen LogP contribution in [0.2, 0.25) is 0 Å². The molecule has 0 aromatic heterocycles. The largest absolute Gasteiger partial charge is 0.394 e. The van der Waals surface area contributed by atoms with Crippen LogP contribution in [-0.4, -0.2) is 63.1 Å². The van der Waals surface area contributed by atoms with Crippen molar-refractivity contribution < 1.29 is 24.9 Å². The Labute approximate surface area is 119 Å². The third-order valence-corrected chi connectivity index (χ3v) is 3.31. The van der Waals surface area contributed by atoms with Gasteiger partial charge in [0.25, 0.3) is 0 Å². The molecule has 1 amide bonds. The predicted molar refractivity (Wildman–Crippen MR) is 67.4 cm³/mol. The van der Waals surface area contributed by atoms with Crippen molar-refractivity contribution in [2.45, 2.75) is 30.3 Å². The molecule has 2 heterocycles. The van der Waals surface area contributed by atoms with Crippen molar-refractivity contribution in [2.75, 3.05) is 6.61 Å². The monoisotopic (exact) mass is 303 g/mol. The molecule has 2 aliphatic heterocycles. The first-order chi connectivity index (χ1) is 9.43. The number of aliphatic hydroxyl groups is 3. The van der Waals surface area contributed by atoms with Gasteiger partial charge in [0.15, 0.2) is 11.8 Å². The Hall–Kier alpha value is -1.34. The van der Waals surface area contributed by atoms with Crippen LogP contribution in [0.4, 0.5) is 0 Å². The van der Waals surface area contributed by atoms with Crippen molar-refractivity contribution >= 4 is 17.5 Å². The average Bonchev–Trinajstić information content (AvgIpc) is 2.63. The zero-order valence-corrected chi connectivity index (χ0v) is 11.0. The molecule has 2 aliphatic rings. The number of rotatable bonds is 2. The molecule has 20 heavy (non-hydrogen) atoms. The summed E-state index contributed by atoms with van der Waals surface area (Å²) >= 11 is 5.35. The van der Waals surface area contributed by atoms with Gasteiger partial charge >= 0.3 is 0 Å². The van der Waals surface area contributed by atoms with Gasteiger partial charge in [0.05, 0.1) is 6.61 Å². The van der Waals surface area contributed by atoms with E-state index in [4.69, 9.17) is 22.1 Å². The van der Waals surface area contributed by atoms with Crippen LogP contribution in [0.3, 0.4) is 0 Å². The summed E-state index contributed by atoms with van der Waals surface area (Å²) in [6.45, 7) is -0.486. The van der Waals surface area contributed by atoms with Crippen molar-refractivity contribution in [3.8, 4) is 11.3 Å². The highest BCUT2D eigenvalue weighted by molar-refractivity contribution is 6.30. The summed E-state index contributed by atoms with van der Waals surface area (Å²) in [5.41, 5.74) is 4.37. The third-order valence-electron chi connectivity index (χ3n) is 3.22. The van der Waals surface area contributed by atoms with Crippen LogP contribution in [0.1, 0.15) is 0 Å². The van der Waals surface area contributed by atoms with Crippen LogP contribution in [0.5, 0.6) is 0 Å². The van der Waals surface area contributed by atoms with E-state index in [2.05, 4.69) is 16.6 Å². The van der Waals surface area contributed by atoms with Crippen LogP contribution in [-0.2, 0) is 9.53 Å². The van der Waals surface area contributed by atoms with Crippen molar-refractivity contribution in [1.29, 1.82) is 0 Å².